The zero-order chi connectivity index (χ0) is 34.0. The molecule has 9 rings (SSSR count). The average molecular weight is 650 g/mol. The van der Waals surface area contributed by atoms with E-state index in [-0.39, 0.29) is 0 Å². The van der Waals surface area contributed by atoms with E-state index in [9.17, 15) is 0 Å². The van der Waals surface area contributed by atoms with Gasteiger partial charge in [0.15, 0.2) is 0 Å². The molecule has 0 fully saturated rings. The first-order valence-electron chi connectivity index (χ1n) is 17.5. The fraction of sp³-hybridized carbons (Fsp3) is 0. The van der Waals surface area contributed by atoms with Crippen LogP contribution in [0.5, 0.6) is 0 Å². The smallest absolute Gasteiger partial charge is 0.0540 e. The Morgan fingerprint density at radius 2 is 0.745 bits per heavy atom. The number of rotatable bonds is 7. The Hall–Kier alpha value is -6.70. The quantitative estimate of drug-likeness (QED) is 0.166. The second-order valence-electron chi connectivity index (χ2n) is 12.9. The van der Waals surface area contributed by atoms with Gasteiger partial charge in [-0.1, -0.05) is 182 Å². The number of hydrogen-bond donors (Lipinski definition) is 0. The van der Waals surface area contributed by atoms with Crippen LogP contribution in [-0.2, 0) is 0 Å². The summed E-state index contributed by atoms with van der Waals surface area (Å²) >= 11 is 0. The zero-order valence-corrected chi connectivity index (χ0v) is 28.2. The Bertz CT molecular complexity index is 2640. The number of fused-ring (bicyclic) bond motifs is 2. The van der Waals surface area contributed by atoms with Crippen LogP contribution >= 0.6 is 0 Å². The Balaban J connectivity index is 1.23. The van der Waals surface area contributed by atoms with E-state index in [0.29, 0.717) is 0 Å². The first kappa shape index (κ1) is 30.4. The highest BCUT2D eigenvalue weighted by Gasteiger charge is 2.21. The van der Waals surface area contributed by atoms with Gasteiger partial charge < -0.3 is 4.90 Å². The Labute approximate surface area is 299 Å². The molecule has 9 aromatic rings. The minimum Gasteiger partial charge on any atom is -0.309 e. The number of nitrogens with zero attached hydrogens (tertiary/aromatic N) is 1. The highest BCUT2D eigenvalue weighted by molar-refractivity contribution is 6.02. The highest BCUT2D eigenvalue weighted by Crippen LogP contribution is 2.46. The summed E-state index contributed by atoms with van der Waals surface area (Å²) in [5.74, 6) is 0. The van der Waals surface area contributed by atoms with Crippen molar-refractivity contribution >= 4 is 38.6 Å². The van der Waals surface area contributed by atoms with Crippen molar-refractivity contribution in [3.63, 3.8) is 0 Å². The number of anilines is 3. The van der Waals surface area contributed by atoms with Crippen molar-refractivity contribution in [2.45, 2.75) is 0 Å². The highest BCUT2D eigenvalue weighted by atomic mass is 15.1. The van der Waals surface area contributed by atoms with Crippen LogP contribution in [0, 0.1) is 0 Å². The van der Waals surface area contributed by atoms with E-state index < -0.39 is 0 Å². The molecular formula is C50H35N. The molecular weight excluding hydrogens is 615 g/mol. The van der Waals surface area contributed by atoms with E-state index in [1.54, 1.807) is 0 Å². The van der Waals surface area contributed by atoms with Crippen molar-refractivity contribution in [3.8, 4) is 44.5 Å². The van der Waals surface area contributed by atoms with E-state index in [2.05, 4.69) is 217 Å². The van der Waals surface area contributed by atoms with Gasteiger partial charge in [-0.2, -0.15) is 0 Å². The summed E-state index contributed by atoms with van der Waals surface area (Å²) in [7, 11) is 0. The van der Waals surface area contributed by atoms with Crippen LogP contribution in [0.3, 0.4) is 0 Å². The zero-order valence-electron chi connectivity index (χ0n) is 28.2. The van der Waals surface area contributed by atoms with Gasteiger partial charge in [-0.25, -0.2) is 0 Å². The minimum atomic E-state index is 1.10. The first-order chi connectivity index (χ1) is 25.3. The molecule has 0 aromatic heterocycles. The normalized spacial score (nSPS) is 11.1. The predicted molar refractivity (Wildman–Crippen MR) is 218 cm³/mol. The molecule has 0 aliphatic heterocycles. The molecule has 0 atom stereocenters. The van der Waals surface area contributed by atoms with Gasteiger partial charge in [0, 0.05) is 16.6 Å². The van der Waals surface area contributed by atoms with Crippen LogP contribution < -0.4 is 4.90 Å². The van der Waals surface area contributed by atoms with Gasteiger partial charge in [0.1, 0.15) is 0 Å². The van der Waals surface area contributed by atoms with Gasteiger partial charge >= 0.3 is 0 Å². The lowest BCUT2D eigenvalue weighted by atomic mass is 9.92. The molecule has 0 amide bonds. The maximum atomic E-state index is 2.44. The molecule has 0 saturated heterocycles. The van der Waals surface area contributed by atoms with Crippen LogP contribution in [0.2, 0.25) is 0 Å². The van der Waals surface area contributed by atoms with E-state index in [1.807, 2.05) is 0 Å². The summed E-state index contributed by atoms with van der Waals surface area (Å²) in [5, 5.41) is 4.93. The lowest BCUT2D eigenvalue weighted by Crippen LogP contribution is -2.12. The van der Waals surface area contributed by atoms with E-state index in [1.165, 1.54) is 66.1 Å². The fourth-order valence-electron chi connectivity index (χ4n) is 7.46. The molecule has 0 aliphatic rings. The second-order valence-corrected chi connectivity index (χ2v) is 12.9. The molecule has 0 unspecified atom stereocenters. The summed E-state index contributed by atoms with van der Waals surface area (Å²) < 4.78 is 0. The molecule has 0 heterocycles. The third-order valence-electron chi connectivity index (χ3n) is 9.86. The van der Waals surface area contributed by atoms with Gasteiger partial charge in [0.2, 0.25) is 0 Å². The number of hydrogen-bond acceptors (Lipinski definition) is 1. The van der Waals surface area contributed by atoms with Crippen molar-refractivity contribution in [1.29, 1.82) is 0 Å². The van der Waals surface area contributed by atoms with Crippen LogP contribution in [0.4, 0.5) is 17.1 Å². The third-order valence-corrected chi connectivity index (χ3v) is 9.86. The monoisotopic (exact) mass is 649 g/mol. The van der Waals surface area contributed by atoms with Crippen LogP contribution in [0.1, 0.15) is 0 Å². The van der Waals surface area contributed by atoms with E-state index >= 15 is 0 Å². The summed E-state index contributed by atoms with van der Waals surface area (Å²) in [4.78, 5) is 2.44. The largest absolute Gasteiger partial charge is 0.309 e. The molecule has 0 N–H and O–H groups in total. The van der Waals surface area contributed by atoms with Crippen molar-refractivity contribution in [3.05, 3.63) is 212 Å². The van der Waals surface area contributed by atoms with Gasteiger partial charge in [0.05, 0.1) is 11.4 Å². The molecule has 0 bridgehead atoms. The SMILES string of the molecule is c1ccc(-c2ccccc2-c2ccccc2N(c2cccc(-c3cccc(-c4cccc5ccccc45)c3)c2)c2cccc3ccccc23)cc1. The van der Waals surface area contributed by atoms with Crippen LogP contribution in [0.15, 0.2) is 212 Å². The number of para-hydroxylation sites is 1. The lowest BCUT2D eigenvalue weighted by molar-refractivity contribution is 1.30. The van der Waals surface area contributed by atoms with Gasteiger partial charge in [0.25, 0.3) is 0 Å². The summed E-state index contributed by atoms with van der Waals surface area (Å²) in [5.41, 5.74) is 13.0. The maximum absolute atomic E-state index is 2.44. The van der Waals surface area contributed by atoms with Crippen molar-refractivity contribution in [1.82, 2.24) is 0 Å². The molecule has 240 valence electrons. The molecule has 1 nitrogen and oxygen atoms in total. The topological polar surface area (TPSA) is 3.24 Å². The van der Waals surface area contributed by atoms with Crippen molar-refractivity contribution in [2.75, 3.05) is 4.90 Å². The molecule has 0 aliphatic carbocycles. The minimum absolute atomic E-state index is 1.10. The van der Waals surface area contributed by atoms with E-state index in [0.717, 1.165) is 17.1 Å². The first-order valence-corrected chi connectivity index (χ1v) is 17.5. The van der Waals surface area contributed by atoms with Crippen LogP contribution in [0.25, 0.3) is 66.1 Å². The van der Waals surface area contributed by atoms with Gasteiger partial charge in [-0.15, -0.1) is 0 Å². The molecule has 9 aromatic carbocycles. The Morgan fingerprint density at radius 1 is 0.255 bits per heavy atom. The molecule has 0 radical (unpaired) electrons. The molecule has 0 saturated carbocycles. The Morgan fingerprint density at radius 3 is 1.57 bits per heavy atom. The molecule has 1 heteroatoms. The summed E-state index contributed by atoms with van der Waals surface area (Å²) in [6.45, 7) is 0. The third kappa shape index (κ3) is 5.75. The fourth-order valence-corrected chi connectivity index (χ4v) is 7.46. The van der Waals surface area contributed by atoms with Crippen molar-refractivity contribution in [2.24, 2.45) is 0 Å². The predicted octanol–water partition coefficient (Wildman–Crippen LogP) is 14.1. The lowest BCUT2D eigenvalue weighted by Gasteiger charge is -2.30. The summed E-state index contributed by atoms with van der Waals surface area (Å²) in [6.07, 6.45) is 0. The van der Waals surface area contributed by atoms with Crippen LogP contribution in [-0.4, -0.2) is 0 Å². The molecule has 51 heavy (non-hydrogen) atoms. The van der Waals surface area contributed by atoms with E-state index in [4.69, 9.17) is 0 Å². The van der Waals surface area contributed by atoms with Crippen molar-refractivity contribution < 1.29 is 0 Å². The second kappa shape index (κ2) is 13.3. The number of benzene rings is 9. The van der Waals surface area contributed by atoms with Gasteiger partial charge in [-0.05, 0) is 85.4 Å². The Kier molecular flexibility index (Phi) is 7.92. The average Bonchev–Trinajstić information content (AvgIpc) is 3.21. The molecule has 0 spiro atoms. The summed E-state index contributed by atoms with van der Waals surface area (Å²) in [6, 6.07) is 76.7. The van der Waals surface area contributed by atoms with Gasteiger partial charge in [-0.3, -0.25) is 0 Å². The standard InChI is InChI=1S/C50H35N/c1-2-16-36(17-3-1)44-27-8-9-29-47(44)48-30-10-11-32-50(48)51(49-33-15-21-38-19-5-7-28-46(38)49)42-25-13-23-40(35-42)39-22-12-24-41(34-39)45-31-14-20-37-18-4-6-26-43(37)45/h1-35H. The maximum Gasteiger partial charge on any atom is 0.0540 e.